The van der Waals surface area contributed by atoms with E-state index in [1.165, 1.54) is 6.42 Å². The van der Waals surface area contributed by atoms with Crippen LogP contribution in [0.2, 0.25) is 0 Å². The van der Waals surface area contributed by atoms with Gasteiger partial charge < -0.3 is 15.8 Å². The van der Waals surface area contributed by atoms with E-state index in [2.05, 4.69) is 5.32 Å². The van der Waals surface area contributed by atoms with Crippen molar-refractivity contribution in [3.05, 3.63) is 24.3 Å². The Hall–Kier alpha value is -1.22. The largest absolute Gasteiger partial charge is 0.399 e. The first kappa shape index (κ1) is 9.34. The first-order chi connectivity index (χ1) is 6.84. The van der Waals surface area contributed by atoms with Gasteiger partial charge in [-0.15, -0.1) is 0 Å². The molecule has 1 aliphatic rings. The third-order valence-electron chi connectivity index (χ3n) is 2.44. The van der Waals surface area contributed by atoms with Crippen molar-refractivity contribution in [3.63, 3.8) is 0 Å². The van der Waals surface area contributed by atoms with Gasteiger partial charge in [0.1, 0.15) is 0 Å². The fourth-order valence-electron chi connectivity index (χ4n) is 1.69. The highest BCUT2D eigenvalue weighted by molar-refractivity contribution is 5.54. The molecule has 2 rings (SSSR count). The number of benzene rings is 1. The maximum absolute atomic E-state index is 5.67. The van der Waals surface area contributed by atoms with Gasteiger partial charge in [0.15, 0.2) is 0 Å². The van der Waals surface area contributed by atoms with Crippen LogP contribution < -0.4 is 11.1 Å². The van der Waals surface area contributed by atoms with Gasteiger partial charge in [0.25, 0.3) is 0 Å². The van der Waals surface area contributed by atoms with Crippen molar-refractivity contribution < 1.29 is 4.74 Å². The van der Waals surface area contributed by atoms with Crippen LogP contribution in [0.1, 0.15) is 12.8 Å². The summed E-state index contributed by atoms with van der Waals surface area (Å²) in [4.78, 5) is 0. The number of nitrogens with two attached hydrogens (primary N) is 1. The van der Waals surface area contributed by atoms with Crippen molar-refractivity contribution >= 4 is 11.4 Å². The maximum atomic E-state index is 5.67. The van der Waals surface area contributed by atoms with Gasteiger partial charge in [0.05, 0.1) is 6.10 Å². The van der Waals surface area contributed by atoms with Crippen LogP contribution in [0.3, 0.4) is 0 Å². The summed E-state index contributed by atoms with van der Waals surface area (Å²) in [7, 11) is 0. The van der Waals surface area contributed by atoms with Gasteiger partial charge in [-0.1, -0.05) is 6.07 Å². The van der Waals surface area contributed by atoms with Crippen molar-refractivity contribution in [2.75, 3.05) is 24.2 Å². The van der Waals surface area contributed by atoms with Gasteiger partial charge in [-0.05, 0) is 31.0 Å². The number of rotatable bonds is 3. The predicted molar refractivity (Wildman–Crippen MR) is 58.3 cm³/mol. The summed E-state index contributed by atoms with van der Waals surface area (Å²) in [6, 6.07) is 7.80. The van der Waals surface area contributed by atoms with Gasteiger partial charge in [-0.2, -0.15) is 0 Å². The summed E-state index contributed by atoms with van der Waals surface area (Å²) in [6.45, 7) is 1.78. The van der Waals surface area contributed by atoms with E-state index in [4.69, 9.17) is 10.5 Å². The zero-order chi connectivity index (χ0) is 9.80. The Bertz CT molecular complexity index is 295. The van der Waals surface area contributed by atoms with Crippen LogP contribution in [0.5, 0.6) is 0 Å². The minimum absolute atomic E-state index is 0.372. The predicted octanol–water partition coefficient (Wildman–Crippen LogP) is 1.86. The van der Waals surface area contributed by atoms with Crippen LogP contribution in [0.15, 0.2) is 24.3 Å². The molecule has 14 heavy (non-hydrogen) atoms. The molecule has 1 fully saturated rings. The van der Waals surface area contributed by atoms with E-state index in [0.29, 0.717) is 6.10 Å². The molecule has 76 valence electrons. The van der Waals surface area contributed by atoms with Crippen LogP contribution in [0, 0.1) is 0 Å². The first-order valence-electron chi connectivity index (χ1n) is 5.05. The van der Waals surface area contributed by atoms with Gasteiger partial charge in [-0.25, -0.2) is 0 Å². The molecule has 3 N–H and O–H groups in total. The summed E-state index contributed by atoms with van der Waals surface area (Å²) in [6.07, 6.45) is 2.72. The third kappa shape index (κ3) is 2.39. The van der Waals surface area contributed by atoms with Gasteiger partial charge in [-0.3, -0.25) is 0 Å². The Kier molecular flexibility index (Phi) is 2.89. The van der Waals surface area contributed by atoms with Crippen molar-refractivity contribution in [3.8, 4) is 0 Å². The fourth-order valence-corrected chi connectivity index (χ4v) is 1.69. The Morgan fingerprint density at radius 1 is 1.50 bits per heavy atom. The number of hydrogen-bond donors (Lipinski definition) is 2. The highest BCUT2D eigenvalue weighted by Crippen LogP contribution is 2.15. The van der Waals surface area contributed by atoms with Crippen LogP contribution in [-0.4, -0.2) is 19.3 Å². The average molecular weight is 192 g/mol. The molecule has 3 nitrogen and oxygen atoms in total. The van der Waals surface area contributed by atoms with Crippen LogP contribution >= 0.6 is 0 Å². The number of nitrogen functional groups attached to an aromatic ring is 1. The summed E-state index contributed by atoms with van der Waals surface area (Å²) in [5.74, 6) is 0. The quantitative estimate of drug-likeness (QED) is 0.719. The van der Waals surface area contributed by atoms with E-state index >= 15 is 0 Å². The molecule has 1 aliphatic heterocycles. The molecular weight excluding hydrogens is 176 g/mol. The minimum atomic E-state index is 0.372. The van der Waals surface area contributed by atoms with Crippen LogP contribution in [-0.2, 0) is 4.74 Å². The van der Waals surface area contributed by atoms with E-state index in [1.807, 2.05) is 24.3 Å². The van der Waals surface area contributed by atoms with Gasteiger partial charge >= 0.3 is 0 Å². The standard InChI is InChI=1S/C11H16N2O/c12-9-3-1-4-10(7-9)13-8-11-5-2-6-14-11/h1,3-4,7,11,13H,2,5-6,8,12H2. The summed E-state index contributed by atoms with van der Waals surface area (Å²) < 4.78 is 5.51. The van der Waals surface area contributed by atoms with Crippen molar-refractivity contribution in [1.82, 2.24) is 0 Å². The SMILES string of the molecule is Nc1cccc(NCC2CCCO2)c1. The van der Waals surface area contributed by atoms with E-state index in [1.54, 1.807) is 0 Å². The third-order valence-corrected chi connectivity index (χ3v) is 2.44. The summed E-state index contributed by atoms with van der Waals surface area (Å²) >= 11 is 0. The highest BCUT2D eigenvalue weighted by atomic mass is 16.5. The van der Waals surface area contributed by atoms with Crippen molar-refractivity contribution in [2.45, 2.75) is 18.9 Å². The molecule has 0 aliphatic carbocycles. The molecule has 1 unspecified atom stereocenters. The van der Waals surface area contributed by atoms with Crippen LogP contribution in [0.25, 0.3) is 0 Å². The van der Waals surface area contributed by atoms with Gasteiger partial charge in [0, 0.05) is 24.5 Å². The lowest BCUT2D eigenvalue weighted by Gasteiger charge is -2.11. The zero-order valence-corrected chi connectivity index (χ0v) is 8.20. The average Bonchev–Trinajstić information content (AvgIpc) is 2.67. The highest BCUT2D eigenvalue weighted by Gasteiger charge is 2.14. The molecule has 1 saturated heterocycles. The topological polar surface area (TPSA) is 47.3 Å². The lowest BCUT2D eigenvalue weighted by molar-refractivity contribution is 0.120. The molecule has 0 spiro atoms. The Balaban J connectivity index is 1.85. The summed E-state index contributed by atoms with van der Waals surface area (Å²) in [5.41, 5.74) is 7.53. The van der Waals surface area contributed by atoms with Crippen LogP contribution in [0.4, 0.5) is 11.4 Å². The molecule has 1 heterocycles. The molecular formula is C11H16N2O. The fraction of sp³-hybridized carbons (Fsp3) is 0.455. The van der Waals surface area contributed by atoms with E-state index in [-0.39, 0.29) is 0 Å². The zero-order valence-electron chi connectivity index (χ0n) is 8.20. The number of ether oxygens (including phenoxy) is 1. The molecule has 0 aromatic heterocycles. The number of hydrogen-bond acceptors (Lipinski definition) is 3. The molecule has 0 radical (unpaired) electrons. The molecule has 0 saturated carbocycles. The van der Waals surface area contributed by atoms with Crippen molar-refractivity contribution in [2.24, 2.45) is 0 Å². The molecule has 0 bridgehead atoms. The number of nitrogens with one attached hydrogen (secondary N) is 1. The van der Waals surface area contributed by atoms with E-state index < -0.39 is 0 Å². The Morgan fingerprint density at radius 3 is 3.14 bits per heavy atom. The molecule has 1 aromatic carbocycles. The molecule has 0 amide bonds. The second-order valence-corrected chi connectivity index (χ2v) is 3.64. The maximum Gasteiger partial charge on any atom is 0.0748 e. The lowest BCUT2D eigenvalue weighted by Crippen LogP contribution is -2.18. The Labute approximate surface area is 84.3 Å². The van der Waals surface area contributed by atoms with Crippen molar-refractivity contribution in [1.29, 1.82) is 0 Å². The normalized spacial score (nSPS) is 21.0. The monoisotopic (exact) mass is 192 g/mol. The van der Waals surface area contributed by atoms with E-state index in [0.717, 1.165) is 30.9 Å². The first-order valence-corrected chi connectivity index (χ1v) is 5.05. The number of anilines is 2. The van der Waals surface area contributed by atoms with E-state index in [9.17, 15) is 0 Å². The minimum Gasteiger partial charge on any atom is -0.399 e. The van der Waals surface area contributed by atoms with Gasteiger partial charge in [0.2, 0.25) is 0 Å². The molecule has 3 heteroatoms. The molecule has 1 aromatic rings. The smallest absolute Gasteiger partial charge is 0.0748 e. The second-order valence-electron chi connectivity index (χ2n) is 3.64. The second kappa shape index (κ2) is 4.33. The molecule has 1 atom stereocenters. The Morgan fingerprint density at radius 2 is 2.43 bits per heavy atom. The summed E-state index contributed by atoms with van der Waals surface area (Å²) in [5, 5.41) is 3.32. The lowest BCUT2D eigenvalue weighted by atomic mass is 10.2.